The summed E-state index contributed by atoms with van der Waals surface area (Å²) in [5.41, 5.74) is -1.30. The summed E-state index contributed by atoms with van der Waals surface area (Å²) in [7, 11) is 0. The van der Waals surface area contributed by atoms with E-state index >= 15 is 0 Å². The van der Waals surface area contributed by atoms with Crippen LogP contribution >= 0.6 is 0 Å². The Balaban J connectivity index is 2.38. The van der Waals surface area contributed by atoms with E-state index in [1.54, 1.807) is 6.92 Å². The van der Waals surface area contributed by atoms with Crippen LogP contribution in [0.15, 0.2) is 18.2 Å². The molecule has 0 radical (unpaired) electrons. The van der Waals surface area contributed by atoms with Gasteiger partial charge in [-0.05, 0) is 31.9 Å². The van der Waals surface area contributed by atoms with Crippen molar-refractivity contribution in [3.8, 4) is 5.75 Å². The Morgan fingerprint density at radius 1 is 1.36 bits per heavy atom. The Morgan fingerprint density at radius 2 is 2.05 bits per heavy atom. The molecule has 0 spiro atoms. The number of hydrogen-bond acceptors (Lipinski definition) is 3. The molecule has 1 unspecified atom stereocenters. The third-order valence-corrected chi connectivity index (χ3v) is 3.29. The van der Waals surface area contributed by atoms with E-state index in [0.29, 0.717) is 6.07 Å². The number of benzene rings is 1. The van der Waals surface area contributed by atoms with Gasteiger partial charge in [0.2, 0.25) is 5.91 Å². The zero-order valence-electron chi connectivity index (χ0n) is 12.5. The predicted molar refractivity (Wildman–Crippen MR) is 75.6 cm³/mol. The van der Waals surface area contributed by atoms with Gasteiger partial charge in [-0.15, -0.1) is 0 Å². The van der Waals surface area contributed by atoms with Crippen LogP contribution in [0, 0.1) is 11.6 Å². The second-order valence-electron chi connectivity index (χ2n) is 5.07. The molecule has 0 heterocycles. The van der Waals surface area contributed by atoms with Gasteiger partial charge in [-0.3, -0.25) is 4.79 Å². The summed E-state index contributed by atoms with van der Waals surface area (Å²) in [6.45, 7) is 3.15. The van der Waals surface area contributed by atoms with Gasteiger partial charge in [-0.2, -0.15) is 0 Å². The lowest BCUT2D eigenvalue weighted by Gasteiger charge is -2.24. The number of carbonyl (C=O) groups excluding carboxylic acids is 1. The van der Waals surface area contributed by atoms with Gasteiger partial charge in [0, 0.05) is 12.5 Å². The van der Waals surface area contributed by atoms with E-state index in [0.717, 1.165) is 6.07 Å². The molecule has 0 aliphatic heterocycles. The highest BCUT2D eigenvalue weighted by atomic mass is 19.1. The van der Waals surface area contributed by atoms with E-state index in [2.05, 4.69) is 5.32 Å². The number of amides is 1. The lowest BCUT2D eigenvalue weighted by atomic mass is 9.99. The van der Waals surface area contributed by atoms with E-state index in [-0.39, 0.29) is 31.6 Å². The van der Waals surface area contributed by atoms with Crippen LogP contribution in [0.3, 0.4) is 0 Å². The van der Waals surface area contributed by atoms with Crippen molar-refractivity contribution in [2.24, 2.45) is 0 Å². The fourth-order valence-corrected chi connectivity index (χ4v) is 1.67. The number of carboxylic acid groups (broad SMARTS) is 1. The summed E-state index contributed by atoms with van der Waals surface area (Å²) >= 11 is 0. The lowest BCUT2D eigenvalue weighted by molar-refractivity contribution is -0.147. The van der Waals surface area contributed by atoms with Gasteiger partial charge in [0.15, 0.2) is 11.6 Å². The quantitative estimate of drug-likeness (QED) is 0.723. The van der Waals surface area contributed by atoms with Gasteiger partial charge in [0.1, 0.15) is 11.4 Å². The van der Waals surface area contributed by atoms with E-state index < -0.39 is 29.0 Å². The third-order valence-electron chi connectivity index (χ3n) is 3.29. The first-order valence-electron chi connectivity index (χ1n) is 6.90. The SMILES string of the molecule is CCC(C)(NC(=O)CCCOc1ccc(F)cc1F)C(=O)O. The number of hydrogen-bond donors (Lipinski definition) is 2. The van der Waals surface area contributed by atoms with Crippen LogP contribution in [-0.4, -0.2) is 29.1 Å². The standard InChI is InChI=1S/C15H19F2NO4/c1-3-15(2,14(20)21)18-13(19)5-4-8-22-12-7-6-10(16)9-11(12)17/h6-7,9H,3-5,8H2,1-2H3,(H,18,19)(H,20,21). The smallest absolute Gasteiger partial charge is 0.329 e. The van der Waals surface area contributed by atoms with Gasteiger partial charge >= 0.3 is 5.97 Å². The molecule has 0 fully saturated rings. The molecular weight excluding hydrogens is 296 g/mol. The van der Waals surface area contributed by atoms with Crippen molar-refractivity contribution in [2.75, 3.05) is 6.61 Å². The second-order valence-corrected chi connectivity index (χ2v) is 5.07. The van der Waals surface area contributed by atoms with Gasteiger partial charge in [-0.1, -0.05) is 6.92 Å². The summed E-state index contributed by atoms with van der Waals surface area (Å²) < 4.78 is 31.1. The lowest BCUT2D eigenvalue weighted by Crippen LogP contribution is -2.51. The molecule has 1 rings (SSSR count). The van der Waals surface area contributed by atoms with Crippen LogP contribution in [0.5, 0.6) is 5.75 Å². The van der Waals surface area contributed by atoms with Crippen LogP contribution in [-0.2, 0) is 9.59 Å². The van der Waals surface area contributed by atoms with Gasteiger partial charge in [0.05, 0.1) is 6.61 Å². The highest BCUT2D eigenvalue weighted by Crippen LogP contribution is 2.18. The zero-order chi connectivity index (χ0) is 16.8. The molecule has 5 nitrogen and oxygen atoms in total. The molecule has 0 saturated heterocycles. The molecule has 0 bridgehead atoms. The molecule has 122 valence electrons. The maximum atomic E-state index is 13.3. The topological polar surface area (TPSA) is 75.6 Å². The Bertz CT molecular complexity index is 550. The minimum atomic E-state index is -1.30. The highest BCUT2D eigenvalue weighted by Gasteiger charge is 2.32. The van der Waals surface area contributed by atoms with Crippen LogP contribution in [0.1, 0.15) is 33.1 Å². The summed E-state index contributed by atoms with van der Waals surface area (Å²) in [4.78, 5) is 22.7. The first-order chi connectivity index (χ1) is 10.3. The fraction of sp³-hybridized carbons (Fsp3) is 0.467. The number of nitrogens with one attached hydrogen (secondary N) is 1. The normalized spacial score (nSPS) is 13.3. The van der Waals surface area contributed by atoms with Gasteiger partial charge in [-0.25, -0.2) is 13.6 Å². The summed E-state index contributed by atoms with van der Waals surface area (Å²) in [6.07, 6.45) is 0.582. The molecule has 0 aliphatic carbocycles. The van der Waals surface area contributed by atoms with Crippen molar-refractivity contribution < 1.29 is 28.2 Å². The Kier molecular flexibility index (Phi) is 6.27. The number of rotatable bonds is 8. The Hall–Kier alpha value is -2.18. The summed E-state index contributed by atoms with van der Waals surface area (Å²) in [6, 6.07) is 2.95. The summed E-state index contributed by atoms with van der Waals surface area (Å²) in [5, 5.41) is 11.5. The van der Waals surface area contributed by atoms with Gasteiger partial charge in [0.25, 0.3) is 0 Å². The molecule has 7 heteroatoms. The fourth-order valence-electron chi connectivity index (χ4n) is 1.67. The molecule has 1 atom stereocenters. The minimum Gasteiger partial charge on any atom is -0.491 e. The van der Waals surface area contributed by atoms with E-state index in [9.17, 15) is 18.4 Å². The maximum absolute atomic E-state index is 13.3. The number of carbonyl (C=O) groups is 2. The number of carboxylic acids is 1. The molecule has 22 heavy (non-hydrogen) atoms. The average Bonchev–Trinajstić information content (AvgIpc) is 2.45. The average molecular weight is 315 g/mol. The zero-order valence-corrected chi connectivity index (χ0v) is 12.5. The van der Waals surface area contributed by atoms with E-state index in [4.69, 9.17) is 9.84 Å². The first-order valence-corrected chi connectivity index (χ1v) is 6.90. The van der Waals surface area contributed by atoms with Crippen molar-refractivity contribution in [3.63, 3.8) is 0 Å². The molecule has 1 aromatic rings. The molecule has 1 amide bonds. The third kappa shape index (κ3) is 4.98. The molecular formula is C15H19F2NO4. The monoisotopic (exact) mass is 315 g/mol. The van der Waals surface area contributed by atoms with Crippen molar-refractivity contribution in [1.82, 2.24) is 5.32 Å². The maximum Gasteiger partial charge on any atom is 0.329 e. The van der Waals surface area contributed by atoms with E-state index in [1.165, 1.54) is 13.0 Å². The number of ether oxygens (including phenoxy) is 1. The van der Waals surface area contributed by atoms with Crippen molar-refractivity contribution >= 4 is 11.9 Å². The predicted octanol–water partition coefficient (Wildman–Crippen LogP) is 2.49. The van der Waals surface area contributed by atoms with Crippen LogP contribution < -0.4 is 10.1 Å². The van der Waals surface area contributed by atoms with Crippen LogP contribution in [0.4, 0.5) is 8.78 Å². The Morgan fingerprint density at radius 3 is 2.59 bits per heavy atom. The van der Waals surface area contributed by atoms with Crippen molar-refractivity contribution in [1.29, 1.82) is 0 Å². The number of aliphatic carboxylic acids is 1. The molecule has 0 aromatic heterocycles. The minimum absolute atomic E-state index is 0.0473. The number of halogens is 2. The molecule has 0 saturated carbocycles. The van der Waals surface area contributed by atoms with Crippen molar-refractivity contribution in [2.45, 2.75) is 38.6 Å². The highest BCUT2D eigenvalue weighted by molar-refractivity contribution is 5.86. The molecule has 0 aliphatic rings. The van der Waals surface area contributed by atoms with Gasteiger partial charge < -0.3 is 15.2 Å². The molecule has 1 aromatic carbocycles. The van der Waals surface area contributed by atoms with Crippen LogP contribution in [0.25, 0.3) is 0 Å². The van der Waals surface area contributed by atoms with E-state index in [1.807, 2.05) is 0 Å². The summed E-state index contributed by atoms with van der Waals surface area (Å²) in [5.74, 6) is -3.13. The first kappa shape index (κ1) is 17.9. The second kappa shape index (κ2) is 7.72. The largest absolute Gasteiger partial charge is 0.491 e. The van der Waals surface area contributed by atoms with Crippen molar-refractivity contribution in [3.05, 3.63) is 29.8 Å². The molecule has 2 N–H and O–H groups in total. The van der Waals surface area contributed by atoms with Crippen LogP contribution in [0.2, 0.25) is 0 Å². The Labute approximate surface area is 127 Å².